The fourth-order valence-corrected chi connectivity index (χ4v) is 2.50. The molecular weight excluding hydrogens is 248 g/mol. The number of anilines is 1. The maximum absolute atomic E-state index is 12.5. The van der Waals surface area contributed by atoms with Crippen molar-refractivity contribution in [1.82, 2.24) is 4.90 Å². The molecule has 1 saturated carbocycles. The van der Waals surface area contributed by atoms with Crippen LogP contribution in [0.2, 0.25) is 0 Å². The van der Waals surface area contributed by atoms with Gasteiger partial charge >= 0.3 is 0 Å². The van der Waals surface area contributed by atoms with Crippen LogP contribution in [0.5, 0.6) is 0 Å². The van der Waals surface area contributed by atoms with Crippen LogP contribution in [0.4, 0.5) is 5.69 Å². The molecule has 0 aliphatic heterocycles. The maximum Gasteiger partial charge on any atom is 0.223 e. The molecule has 110 valence electrons. The van der Waals surface area contributed by atoms with Crippen molar-refractivity contribution in [3.63, 3.8) is 0 Å². The predicted molar refractivity (Wildman–Crippen MR) is 83.5 cm³/mol. The summed E-state index contributed by atoms with van der Waals surface area (Å²) in [6, 6.07) is 8.14. The number of nitrogen functional groups attached to an aromatic ring is 1. The van der Waals surface area contributed by atoms with Gasteiger partial charge in [0.2, 0.25) is 5.91 Å². The molecule has 3 heteroatoms. The van der Waals surface area contributed by atoms with Crippen molar-refractivity contribution < 1.29 is 4.79 Å². The average Bonchev–Trinajstić information content (AvgIpc) is 3.20. The summed E-state index contributed by atoms with van der Waals surface area (Å²) in [6.07, 6.45) is 3.14. The van der Waals surface area contributed by atoms with Crippen molar-refractivity contribution in [2.24, 2.45) is 5.92 Å². The fraction of sp³-hybridized carbons (Fsp3) is 0.588. The van der Waals surface area contributed by atoms with E-state index in [-0.39, 0.29) is 11.8 Å². The molecule has 0 aromatic heterocycles. The van der Waals surface area contributed by atoms with Crippen LogP contribution in [0, 0.1) is 5.92 Å². The van der Waals surface area contributed by atoms with Gasteiger partial charge in [-0.1, -0.05) is 19.1 Å². The largest absolute Gasteiger partial charge is 0.399 e. The molecule has 20 heavy (non-hydrogen) atoms. The number of carbonyl (C=O) groups is 1. The van der Waals surface area contributed by atoms with Gasteiger partial charge in [0.05, 0.1) is 0 Å². The predicted octanol–water partition coefficient (Wildman–Crippen LogP) is 3.41. The van der Waals surface area contributed by atoms with Gasteiger partial charge in [0, 0.05) is 24.7 Å². The second-order valence-electron chi connectivity index (χ2n) is 6.36. The van der Waals surface area contributed by atoms with Crippen LogP contribution in [-0.4, -0.2) is 23.4 Å². The quantitative estimate of drug-likeness (QED) is 0.808. The van der Waals surface area contributed by atoms with Crippen molar-refractivity contribution in [3.05, 3.63) is 29.8 Å². The lowest BCUT2D eigenvalue weighted by Crippen LogP contribution is -2.39. The molecule has 1 amide bonds. The van der Waals surface area contributed by atoms with Crippen molar-refractivity contribution >= 4 is 11.6 Å². The van der Waals surface area contributed by atoms with Crippen LogP contribution >= 0.6 is 0 Å². The molecule has 0 bridgehead atoms. The molecule has 1 aliphatic rings. The van der Waals surface area contributed by atoms with Crippen LogP contribution in [0.1, 0.15) is 51.5 Å². The first kappa shape index (κ1) is 14.9. The highest BCUT2D eigenvalue weighted by Crippen LogP contribution is 2.31. The molecule has 2 N–H and O–H groups in total. The Bertz CT molecular complexity index is 449. The minimum atomic E-state index is 0.239. The highest BCUT2D eigenvalue weighted by molar-refractivity contribution is 5.77. The van der Waals surface area contributed by atoms with Crippen molar-refractivity contribution in [3.8, 4) is 0 Å². The van der Waals surface area contributed by atoms with Gasteiger partial charge in [-0.05, 0) is 56.2 Å². The van der Waals surface area contributed by atoms with E-state index < -0.39 is 0 Å². The number of hydrogen-bond donors (Lipinski definition) is 1. The number of amides is 1. The zero-order valence-electron chi connectivity index (χ0n) is 12.8. The van der Waals surface area contributed by atoms with Gasteiger partial charge in [0.15, 0.2) is 0 Å². The standard InChI is InChI=1S/C17H26N2O/c1-12(2)19(11-14-4-5-14)17(20)10-13(3)15-6-8-16(18)9-7-15/h6-9,12-14H,4-5,10-11,18H2,1-3H3. The van der Waals surface area contributed by atoms with Gasteiger partial charge in [0.1, 0.15) is 0 Å². The summed E-state index contributed by atoms with van der Waals surface area (Å²) >= 11 is 0. The topological polar surface area (TPSA) is 46.3 Å². The lowest BCUT2D eigenvalue weighted by molar-refractivity contribution is -0.133. The van der Waals surface area contributed by atoms with Gasteiger partial charge < -0.3 is 10.6 Å². The smallest absolute Gasteiger partial charge is 0.223 e. The number of hydrogen-bond acceptors (Lipinski definition) is 2. The third-order valence-corrected chi connectivity index (χ3v) is 4.08. The second kappa shape index (κ2) is 6.29. The van der Waals surface area contributed by atoms with E-state index in [9.17, 15) is 4.79 Å². The lowest BCUT2D eigenvalue weighted by atomic mass is 9.96. The summed E-state index contributed by atoms with van der Waals surface area (Å²) in [5.41, 5.74) is 7.65. The summed E-state index contributed by atoms with van der Waals surface area (Å²) < 4.78 is 0. The first-order valence-electron chi connectivity index (χ1n) is 7.62. The Morgan fingerprint density at radius 3 is 2.35 bits per heavy atom. The first-order valence-corrected chi connectivity index (χ1v) is 7.62. The Balaban J connectivity index is 1.95. The summed E-state index contributed by atoms with van der Waals surface area (Å²) in [4.78, 5) is 14.5. The first-order chi connectivity index (χ1) is 9.47. The molecule has 0 heterocycles. The average molecular weight is 274 g/mol. The highest BCUT2D eigenvalue weighted by atomic mass is 16.2. The van der Waals surface area contributed by atoms with E-state index in [1.807, 2.05) is 29.2 Å². The highest BCUT2D eigenvalue weighted by Gasteiger charge is 2.28. The summed E-state index contributed by atoms with van der Waals surface area (Å²) in [5.74, 6) is 1.26. The summed E-state index contributed by atoms with van der Waals surface area (Å²) in [7, 11) is 0. The Morgan fingerprint density at radius 1 is 1.25 bits per heavy atom. The lowest BCUT2D eigenvalue weighted by Gasteiger charge is -2.28. The molecule has 2 rings (SSSR count). The number of rotatable bonds is 6. The van der Waals surface area contributed by atoms with Crippen molar-refractivity contribution in [2.45, 2.75) is 52.0 Å². The molecule has 0 saturated heterocycles. The Hall–Kier alpha value is -1.51. The SMILES string of the molecule is CC(CC(=O)N(CC1CC1)C(C)C)c1ccc(N)cc1. The summed E-state index contributed by atoms with van der Waals surface area (Å²) in [5, 5.41) is 0. The van der Waals surface area contributed by atoms with E-state index in [1.165, 1.54) is 18.4 Å². The molecule has 0 spiro atoms. The van der Waals surface area contributed by atoms with E-state index in [0.717, 1.165) is 18.2 Å². The molecule has 1 fully saturated rings. The van der Waals surface area contributed by atoms with E-state index >= 15 is 0 Å². The van der Waals surface area contributed by atoms with Crippen molar-refractivity contribution in [2.75, 3.05) is 12.3 Å². The minimum absolute atomic E-state index is 0.239. The molecule has 1 atom stereocenters. The van der Waals surface area contributed by atoms with Crippen LogP contribution < -0.4 is 5.73 Å². The zero-order valence-corrected chi connectivity index (χ0v) is 12.8. The number of carbonyl (C=O) groups excluding carboxylic acids is 1. The number of nitrogens with two attached hydrogens (primary N) is 1. The van der Waals surface area contributed by atoms with E-state index in [0.29, 0.717) is 12.5 Å². The molecule has 1 aromatic carbocycles. The molecule has 0 radical (unpaired) electrons. The molecule has 3 nitrogen and oxygen atoms in total. The van der Waals surface area contributed by atoms with Gasteiger partial charge in [-0.2, -0.15) is 0 Å². The number of nitrogens with zero attached hydrogens (tertiary/aromatic N) is 1. The van der Waals surface area contributed by atoms with Gasteiger partial charge in [-0.25, -0.2) is 0 Å². The zero-order chi connectivity index (χ0) is 14.7. The molecule has 1 aliphatic carbocycles. The fourth-order valence-electron chi connectivity index (χ4n) is 2.50. The van der Waals surface area contributed by atoms with Crippen LogP contribution in [0.15, 0.2) is 24.3 Å². The van der Waals surface area contributed by atoms with Gasteiger partial charge in [-0.3, -0.25) is 4.79 Å². The second-order valence-corrected chi connectivity index (χ2v) is 6.36. The Kier molecular flexibility index (Phi) is 4.69. The van der Waals surface area contributed by atoms with E-state index in [4.69, 9.17) is 5.73 Å². The minimum Gasteiger partial charge on any atom is -0.399 e. The normalized spacial score (nSPS) is 16.2. The molecular formula is C17H26N2O. The molecule has 1 aromatic rings. The van der Waals surface area contributed by atoms with Gasteiger partial charge in [-0.15, -0.1) is 0 Å². The Morgan fingerprint density at radius 2 is 1.85 bits per heavy atom. The summed E-state index contributed by atoms with van der Waals surface area (Å²) in [6.45, 7) is 7.26. The third-order valence-electron chi connectivity index (χ3n) is 4.08. The monoisotopic (exact) mass is 274 g/mol. The van der Waals surface area contributed by atoms with Crippen LogP contribution in [0.25, 0.3) is 0 Å². The van der Waals surface area contributed by atoms with E-state index in [2.05, 4.69) is 20.8 Å². The Labute approximate surface area is 122 Å². The third kappa shape index (κ3) is 3.99. The van der Waals surface area contributed by atoms with E-state index in [1.54, 1.807) is 0 Å². The number of benzene rings is 1. The molecule has 1 unspecified atom stereocenters. The van der Waals surface area contributed by atoms with Gasteiger partial charge in [0.25, 0.3) is 0 Å². The van der Waals surface area contributed by atoms with Crippen molar-refractivity contribution in [1.29, 1.82) is 0 Å². The maximum atomic E-state index is 12.5. The van der Waals surface area contributed by atoms with Crippen LogP contribution in [-0.2, 0) is 4.79 Å². The van der Waals surface area contributed by atoms with Crippen LogP contribution in [0.3, 0.4) is 0 Å².